The highest BCUT2D eigenvalue weighted by Gasteiger charge is 2.09. The fourth-order valence-corrected chi connectivity index (χ4v) is 1.47. The molecule has 0 aliphatic heterocycles. The van der Waals surface area contributed by atoms with Crippen LogP contribution in [0.2, 0.25) is 0 Å². The molecule has 0 fully saturated rings. The lowest BCUT2D eigenvalue weighted by Crippen LogP contribution is -1.74. The van der Waals surface area contributed by atoms with Crippen LogP contribution in [0, 0.1) is 0 Å². The van der Waals surface area contributed by atoms with Crippen LogP contribution >= 0.6 is 15.9 Å². The van der Waals surface area contributed by atoms with E-state index < -0.39 is 0 Å². The molecule has 0 saturated carbocycles. The molecular weight excluding hydrogens is 234 g/mol. The predicted molar refractivity (Wildman–Crippen MR) is 51.3 cm³/mol. The van der Waals surface area contributed by atoms with Gasteiger partial charge in [0.1, 0.15) is 0 Å². The lowest BCUT2D eigenvalue weighted by molar-refractivity contribution is 0.326. The Morgan fingerprint density at radius 3 is 2.54 bits per heavy atom. The molecule has 0 atom stereocenters. The second-order valence-electron chi connectivity index (χ2n) is 2.51. The number of rotatable bonds is 1. The van der Waals surface area contributed by atoms with Gasteiger partial charge in [-0.05, 0) is 33.6 Å². The van der Waals surface area contributed by atoms with Gasteiger partial charge in [-0.15, -0.1) is 0 Å². The highest BCUT2D eigenvalue weighted by atomic mass is 79.9. The van der Waals surface area contributed by atoms with Crippen LogP contribution in [0.25, 0.3) is 11.1 Å². The van der Waals surface area contributed by atoms with Crippen molar-refractivity contribution in [1.82, 2.24) is 4.98 Å². The molecule has 2 aromatic rings. The van der Waals surface area contributed by atoms with Crippen LogP contribution in [0.15, 0.2) is 39.7 Å². The Morgan fingerprint density at radius 2 is 2.00 bits per heavy atom. The topological polar surface area (TPSA) is 46.3 Å². The number of halogens is 1. The van der Waals surface area contributed by atoms with E-state index >= 15 is 0 Å². The van der Waals surface area contributed by atoms with Crippen molar-refractivity contribution in [3.8, 4) is 17.1 Å². The first kappa shape index (κ1) is 8.31. The first-order valence-corrected chi connectivity index (χ1v) is 4.45. The molecule has 0 amide bonds. The number of pyridine rings is 1. The van der Waals surface area contributed by atoms with Crippen molar-refractivity contribution < 1.29 is 9.52 Å². The number of aromatic hydroxyl groups is 1. The minimum Gasteiger partial charge on any atom is -0.480 e. The largest absolute Gasteiger partial charge is 0.480 e. The summed E-state index contributed by atoms with van der Waals surface area (Å²) in [5.41, 5.74) is 1.54. The highest BCUT2D eigenvalue weighted by molar-refractivity contribution is 9.10. The van der Waals surface area contributed by atoms with Crippen LogP contribution in [0.4, 0.5) is 0 Å². The number of nitrogens with zero attached hydrogens (tertiary/aromatic N) is 1. The van der Waals surface area contributed by atoms with Crippen molar-refractivity contribution in [2.45, 2.75) is 0 Å². The van der Waals surface area contributed by atoms with Crippen molar-refractivity contribution in [3.05, 3.63) is 35.3 Å². The van der Waals surface area contributed by atoms with E-state index in [1.807, 2.05) is 0 Å². The Hall–Kier alpha value is -1.29. The van der Waals surface area contributed by atoms with Gasteiger partial charge >= 0.3 is 0 Å². The minimum absolute atomic E-state index is 0.0851. The van der Waals surface area contributed by atoms with Gasteiger partial charge in [0.05, 0.1) is 5.56 Å². The van der Waals surface area contributed by atoms with Crippen molar-refractivity contribution in [3.63, 3.8) is 0 Å². The van der Waals surface area contributed by atoms with E-state index in [2.05, 4.69) is 20.9 Å². The van der Waals surface area contributed by atoms with E-state index in [-0.39, 0.29) is 5.95 Å². The molecule has 0 aliphatic rings. The van der Waals surface area contributed by atoms with Gasteiger partial charge < -0.3 is 9.52 Å². The number of hydrogen-bond donors (Lipinski definition) is 1. The smallest absolute Gasteiger partial charge is 0.291 e. The molecule has 3 nitrogen and oxygen atoms in total. The maximum Gasteiger partial charge on any atom is 0.291 e. The molecule has 4 heteroatoms. The van der Waals surface area contributed by atoms with Gasteiger partial charge in [-0.1, -0.05) is 0 Å². The Bertz CT molecular complexity index is 411. The summed E-state index contributed by atoms with van der Waals surface area (Å²) < 4.78 is 5.43. The normalized spacial score (nSPS) is 10.2. The van der Waals surface area contributed by atoms with Crippen molar-refractivity contribution in [2.75, 3.05) is 0 Å². The molecule has 0 aliphatic carbocycles. The third-order valence-corrected chi connectivity index (χ3v) is 2.06. The van der Waals surface area contributed by atoms with Gasteiger partial charge in [0.2, 0.25) is 0 Å². The molecule has 0 saturated heterocycles. The monoisotopic (exact) mass is 239 g/mol. The van der Waals surface area contributed by atoms with Crippen LogP contribution in [-0.4, -0.2) is 10.1 Å². The van der Waals surface area contributed by atoms with E-state index in [0.29, 0.717) is 10.2 Å². The van der Waals surface area contributed by atoms with Crippen LogP contribution in [0.1, 0.15) is 0 Å². The Morgan fingerprint density at radius 1 is 1.31 bits per heavy atom. The predicted octanol–water partition coefficient (Wildman–Crippen LogP) is 2.81. The summed E-state index contributed by atoms with van der Waals surface area (Å²) >= 11 is 3.14. The molecule has 0 bridgehead atoms. The first-order valence-electron chi connectivity index (χ1n) is 3.66. The van der Waals surface area contributed by atoms with Gasteiger partial charge in [0, 0.05) is 18.5 Å². The first-order chi connectivity index (χ1) is 6.27. The summed E-state index contributed by atoms with van der Waals surface area (Å²) in [4.78, 5) is 3.88. The molecule has 0 spiro atoms. The molecule has 2 aromatic heterocycles. The second kappa shape index (κ2) is 3.22. The molecule has 2 heterocycles. The SMILES string of the molecule is Oc1oc(Br)cc1-c1ccncc1. The van der Waals surface area contributed by atoms with E-state index in [1.54, 1.807) is 30.6 Å². The molecule has 66 valence electrons. The van der Waals surface area contributed by atoms with Gasteiger partial charge in [0.15, 0.2) is 4.67 Å². The van der Waals surface area contributed by atoms with Crippen LogP contribution in [-0.2, 0) is 0 Å². The summed E-state index contributed by atoms with van der Waals surface area (Å²) in [6.07, 6.45) is 3.32. The minimum atomic E-state index is -0.0851. The van der Waals surface area contributed by atoms with E-state index in [9.17, 15) is 5.11 Å². The third kappa shape index (κ3) is 1.58. The number of hydrogen-bond acceptors (Lipinski definition) is 3. The number of aromatic nitrogens is 1. The maximum absolute atomic E-state index is 9.37. The van der Waals surface area contributed by atoms with Gasteiger partial charge in [-0.2, -0.15) is 0 Å². The second-order valence-corrected chi connectivity index (χ2v) is 3.29. The van der Waals surface area contributed by atoms with Crippen molar-refractivity contribution >= 4 is 15.9 Å². The summed E-state index contributed by atoms with van der Waals surface area (Å²) in [5, 5.41) is 9.37. The molecule has 0 unspecified atom stereocenters. The lowest BCUT2D eigenvalue weighted by atomic mass is 10.1. The van der Waals surface area contributed by atoms with E-state index in [0.717, 1.165) is 5.56 Å². The molecule has 0 aromatic carbocycles. The fourth-order valence-electron chi connectivity index (χ4n) is 1.09. The van der Waals surface area contributed by atoms with Gasteiger partial charge in [0.25, 0.3) is 5.95 Å². The number of furan rings is 1. The van der Waals surface area contributed by atoms with E-state index in [1.165, 1.54) is 0 Å². The average Bonchev–Trinajstić information content (AvgIpc) is 2.47. The average molecular weight is 240 g/mol. The van der Waals surface area contributed by atoms with Crippen LogP contribution in [0.5, 0.6) is 5.95 Å². The quantitative estimate of drug-likeness (QED) is 0.833. The molecule has 0 radical (unpaired) electrons. The molecular formula is C9H6BrNO2. The summed E-state index contributed by atoms with van der Waals surface area (Å²) in [7, 11) is 0. The maximum atomic E-state index is 9.37. The third-order valence-electron chi connectivity index (χ3n) is 1.67. The zero-order chi connectivity index (χ0) is 9.26. The lowest BCUT2D eigenvalue weighted by Gasteiger charge is -1.94. The zero-order valence-electron chi connectivity index (χ0n) is 6.57. The highest BCUT2D eigenvalue weighted by Crippen LogP contribution is 2.34. The summed E-state index contributed by atoms with van der Waals surface area (Å²) in [6.45, 7) is 0. The van der Waals surface area contributed by atoms with Crippen LogP contribution < -0.4 is 0 Å². The molecule has 1 N–H and O–H groups in total. The molecule has 13 heavy (non-hydrogen) atoms. The Labute approximate surface area is 83.2 Å². The Balaban J connectivity index is 2.53. The fraction of sp³-hybridized carbons (Fsp3) is 0. The Kier molecular flexibility index (Phi) is 2.06. The summed E-state index contributed by atoms with van der Waals surface area (Å²) in [5.74, 6) is -0.0851. The van der Waals surface area contributed by atoms with E-state index in [4.69, 9.17) is 4.42 Å². The van der Waals surface area contributed by atoms with Crippen molar-refractivity contribution in [2.24, 2.45) is 0 Å². The zero-order valence-corrected chi connectivity index (χ0v) is 8.15. The summed E-state index contributed by atoms with van der Waals surface area (Å²) in [6, 6.07) is 5.32. The van der Waals surface area contributed by atoms with Gasteiger partial charge in [-0.3, -0.25) is 4.98 Å². The molecule has 2 rings (SSSR count). The van der Waals surface area contributed by atoms with Crippen LogP contribution in [0.3, 0.4) is 0 Å². The van der Waals surface area contributed by atoms with Crippen molar-refractivity contribution in [1.29, 1.82) is 0 Å². The standard InChI is InChI=1S/C9H6BrNO2/c10-8-5-7(9(12)13-8)6-1-3-11-4-2-6/h1-5,12H. The van der Waals surface area contributed by atoms with Gasteiger partial charge in [-0.25, -0.2) is 0 Å².